The summed E-state index contributed by atoms with van der Waals surface area (Å²) in [5, 5.41) is 12.9. The molecular weight excluding hydrogens is 461 g/mol. The first-order chi connectivity index (χ1) is 16.3. The average molecular weight is 485 g/mol. The number of halogens is 3. The van der Waals surface area contributed by atoms with Crippen molar-refractivity contribution in [2.45, 2.75) is 23.5 Å². The average Bonchev–Trinajstić information content (AvgIpc) is 3.31. The highest BCUT2D eigenvalue weighted by atomic mass is 32.2. The van der Waals surface area contributed by atoms with Crippen LogP contribution in [0.15, 0.2) is 65.7 Å². The molecule has 4 rings (SSSR count). The van der Waals surface area contributed by atoms with E-state index in [4.69, 9.17) is 4.74 Å². The topological polar surface area (TPSA) is 61.2 Å². The van der Waals surface area contributed by atoms with Crippen molar-refractivity contribution in [1.82, 2.24) is 10.3 Å². The molecule has 1 saturated heterocycles. The fraction of sp³-hybridized carbons (Fsp3) is 0.280. The van der Waals surface area contributed by atoms with Gasteiger partial charge in [-0.05, 0) is 23.8 Å². The first-order valence-corrected chi connectivity index (χ1v) is 11.6. The number of nitrogens with zero attached hydrogens (tertiary/aromatic N) is 3. The Morgan fingerprint density at radius 1 is 1.15 bits per heavy atom. The Morgan fingerprint density at radius 3 is 2.47 bits per heavy atom. The maximum atomic E-state index is 13.7. The molecule has 0 amide bonds. The van der Waals surface area contributed by atoms with Crippen LogP contribution in [0.4, 0.5) is 18.9 Å². The molecule has 0 saturated carbocycles. The zero-order valence-corrected chi connectivity index (χ0v) is 19.5. The molecule has 5 nitrogen and oxygen atoms in total. The van der Waals surface area contributed by atoms with Crippen LogP contribution in [-0.4, -0.2) is 37.5 Å². The lowest BCUT2D eigenvalue weighted by Gasteiger charge is -2.17. The van der Waals surface area contributed by atoms with Gasteiger partial charge < -0.3 is 9.64 Å². The summed E-state index contributed by atoms with van der Waals surface area (Å²) in [7, 11) is 3.93. The van der Waals surface area contributed by atoms with Gasteiger partial charge in [-0.1, -0.05) is 42.5 Å². The third kappa shape index (κ3) is 5.36. The lowest BCUT2D eigenvalue weighted by molar-refractivity contribution is -0.138. The van der Waals surface area contributed by atoms with Crippen molar-refractivity contribution in [2.75, 3.05) is 31.3 Å². The number of hydrogen-bond donors (Lipinski definition) is 1. The highest BCUT2D eigenvalue weighted by Crippen LogP contribution is 2.38. The van der Waals surface area contributed by atoms with Crippen LogP contribution in [-0.2, 0) is 10.9 Å². The summed E-state index contributed by atoms with van der Waals surface area (Å²) in [6.07, 6.45) is -5.21. The quantitative estimate of drug-likeness (QED) is 0.468. The molecule has 1 aliphatic rings. The number of anilines is 1. The van der Waals surface area contributed by atoms with E-state index in [9.17, 15) is 18.4 Å². The molecule has 2 aromatic carbocycles. The molecule has 1 N–H and O–H groups in total. The van der Waals surface area contributed by atoms with Crippen molar-refractivity contribution >= 4 is 17.4 Å². The summed E-state index contributed by atoms with van der Waals surface area (Å²) in [4.78, 5) is 6.42. The number of benzene rings is 2. The van der Waals surface area contributed by atoms with Crippen LogP contribution in [0.1, 0.15) is 22.9 Å². The van der Waals surface area contributed by atoms with Gasteiger partial charge in [0.15, 0.2) is 0 Å². The summed E-state index contributed by atoms with van der Waals surface area (Å²) < 4.78 is 47.3. The Labute approximate surface area is 200 Å². The number of aromatic nitrogens is 1. The molecule has 0 aliphatic carbocycles. The second kappa shape index (κ2) is 10.1. The van der Waals surface area contributed by atoms with Gasteiger partial charge in [-0.3, -0.25) is 5.32 Å². The third-order valence-corrected chi connectivity index (χ3v) is 6.56. The van der Waals surface area contributed by atoms with E-state index < -0.39 is 17.3 Å². The molecule has 0 radical (unpaired) electrons. The number of pyridine rings is 1. The van der Waals surface area contributed by atoms with E-state index >= 15 is 0 Å². The summed E-state index contributed by atoms with van der Waals surface area (Å²) >= 11 is 1.11. The van der Waals surface area contributed by atoms with E-state index in [1.807, 2.05) is 43.3 Å². The normalized spacial score (nSPS) is 18.0. The molecule has 1 aliphatic heterocycles. The summed E-state index contributed by atoms with van der Waals surface area (Å²) in [5.74, 6) is 0.358. The van der Waals surface area contributed by atoms with Crippen LogP contribution in [0.25, 0.3) is 11.3 Å². The molecule has 1 fully saturated rings. The van der Waals surface area contributed by atoms with E-state index in [-0.39, 0.29) is 23.1 Å². The highest BCUT2D eigenvalue weighted by Gasteiger charge is 2.36. The van der Waals surface area contributed by atoms with Gasteiger partial charge in [-0.25, -0.2) is 4.98 Å². The predicted molar refractivity (Wildman–Crippen MR) is 126 cm³/mol. The Bertz CT molecular complexity index is 1180. The van der Waals surface area contributed by atoms with Crippen LogP contribution in [0.5, 0.6) is 0 Å². The first kappa shape index (κ1) is 24.1. The smallest absolute Gasteiger partial charge is 0.378 e. The molecule has 1 aromatic heterocycles. The van der Waals surface area contributed by atoms with Crippen molar-refractivity contribution in [2.24, 2.45) is 0 Å². The van der Waals surface area contributed by atoms with Gasteiger partial charge in [0.1, 0.15) is 17.3 Å². The number of ether oxygens (including phenoxy) is 1. The van der Waals surface area contributed by atoms with Gasteiger partial charge in [0, 0.05) is 37.6 Å². The van der Waals surface area contributed by atoms with Gasteiger partial charge in [0.25, 0.3) is 0 Å². The summed E-state index contributed by atoms with van der Waals surface area (Å²) in [6.45, 7) is 0.541. The monoisotopic (exact) mass is 484 g/mol. The molecule has 0 bridgehead atoms. The number of alkyl halides is 3. The fourth-order valence-corrected chi connectivity index (χ4v) is 4.66. The van der Waals surface area contributed by atoms with Crippen LogP contribution in [0.3, 0.4) is 0 Å². The molecule has 3 aromatic rings. The zero-order valence-electron chi connectivity index (χ0n) is 18.6. The largest absolute Gasteiger partial charge is 0.417 e. The van der Waals surface area contributed by atoms with Crippen molar-refractivity contribution in [3.63, 3.8) is 0 Å². The van der Waals surface area contributed by atoms with Gasteiger partial charge in [-0.15, -0.1) is 11.8 Å². The van der Waals surface area contributed by atoms with Gasteiger partial charge in [0.2, 0.25) is 0 Å². The SMILES string of the molecule is CN(C)c1ccc([C@H]2NC[C@@H](CSc3nc(-c4ccccc4)cc(C(F)(F)F)c3C#N)O2)cc1. The van der Waals surface area contributed by atoms with E-state index in [0.29, 0.717) is 17.9 Å². The molecular formula is C25H23F3N4OS. The van der Waals surface area contributed by atoms with Crippen molar-refractivity contribution in [3.8, 4) is 17.3 Å². The van der Waals surface area contributed by atoms with E-state index in [1.54, 1.807) is 36.4 Å². The molecule has 9 heteroatoms. The van der Waals surface area contributed by atoms with Crippen LogP contribution < -0.4 is 10.2 Å². The zero-order chi connectivity index (χ0) is 24.3. The fourth-order valence-electron chi connectivity index (χ4n) is 3.66. The van der Waals surface area contributed by atoms with E-state index in [2.05, 4.69) is 10.3 Å². The minimum absolute atomic E-state index is 0.0542. The number of rotatable bonds is 6. The number of thioether (sulfide) groups is 1. The minimum Gasteiger partial charge on any atom is -0.378 e. The Morgan fingerprint density at radius 2 is 1.85 bits per heavy atom. The highest BCUT2D eigenvalue weighted by molar-refractivity contribution is 7.99. The van der Waals surface area contributed by atoms with Gasteiger partial charge in [0.05, 0.1) is 22.9 Å². The van der Waals surface area contributed by atoms with Crippen LogP contribution in [0.2, 0.25) is 0 Å². The van der Waals surface area contributed by atoms with Crippen molar-refractivity contribution in [3.05, 3.63) is 77.4 Å². The van der Waals surface area contributed by atoms with Crippen LogP contribution in [0, 0.1) is 11.3 Å². The molecule has 2 heterocycles. The van der Waals surface area contributed by atoms with E-state index in [1.165, 1.54) is 0 Å². The number of hydrogen-bond acceptors (Lipinski definition) is 6. The Balaban J connectivity index is 1.53. The summed E-state index contributed by atoms with van der Waals surface area (Å²) in [6, 6.07) is 19.3. The maximum absolute atomic E-state index is 13.7. The van der Waals surface area contributed by atoms with Crippen molar-refractivity contribution in [1.29, 1.82) is 5.26 Å². The second-order valence-corrected chi connectivity index (χ2v) is 9.06. The molecule has 0 spiro atoms. The van der Waals surface area contributed by atoms with Crippen LogP contribution >= 0.6 is 11.8 Å². The lowest BCUT2D eigenvalue weighted by atomic mass is 10.1. The number of nitriles is 1. The molecule has 176 valence electrons. The summed E-state index contributed by atoms with van der Waals surface area (Å²) in [5.41, 5.74) is 1.34. The standard InChI is InChI=1S/C25H23F3N4OS/c1-32(2)18-10-8-17(9-11-18)23-30-14-19(33-23)15-34-24-20(13-29)21(25(26,27)28)12-22(31-24)16-6-4-3-5-7-16/h3-12,19,23,30H,14-15H2,1-2H3/t19-,23-/m0/s1. The Hall–Kier alpha value is -3.06. The van der Waals surface area contributed by atoms with Gasteiger partial charge in [-0.2, -0.15) is 18.4 Å². The molecule has 2 atom stereocenters. The third-order valence-electron chi connectivity index (χ3n) is 5.45. The predicted octanol–water partition coefficient (Wildman–Crippen LogP) is 5.48. The molecule has 34 heavy (non-hydrogen) atoms. The lowest BCUT2D eigenvalue weighted by Crippen LogP contribution is -2.17. The minimum atomic E-state index is -4.66. The first-order valence-electron chi connectivity index (χ1n) is 10.6. The van der Waals surface area contributed by atoms with Gasteiger partial charge >= 0.3 is 6.18 Å². The second-order valence-electron chi connectivity index (χ2n) is 8.05. The van der Waals surface area contributed by atoms with Crippen molar-refractivity contribution < 1.29 is 17.9 Å². The number of nitrogens with one attached hydrogen (secondary N) is 1. The Kier molecular flexibility index (Phi) is 7.12. The molecule has 0 unspecified atom stereocenters. The maximum Gasteiger partial charge on any atom is 0.417 e. The van der Waals surface area contributed by atoms with E-state index in [0.717, 1.165) is 29.1 Å².